The summed E-state index contributed by atoms with van der Waals surface area (Å²) in [4.78, 5) is 27.9. The van der Waals surface area contributed by atoms with Crippen molar-refractivity contribution in [3.05, 3.63) is 69.0 Å². The predicted molar refractivity (Wildman–Crippen MR) is 120 cm³/mol. The average Bonchev–Trinajstić information content (AvgIpc) is 3.16. The quantitative estimate of drug-likeness (QED) is 0.655. The van der Waals surface area contributed by atoms with E-state index in [1.54, 1.807) is 6.07 Å². The Hall–Kier alpha value is -2.86. The SMILES string of the molecule is Cc1cc(C)c2oc(C(=O)NCC(c3ccc(C)o3)N3CCC(C)CC3)cc(=O)c2c1. The van der Waals surface area contributed by atoms with Crippen molar-refractivity contribution < 1.29 is 13.6 Å². The molecular weight excluding hydrogens is 392 g/mol. The van der Waals surface area contributed by atoms with E-state index in [4.69, 9.17) is 8.83 Å². The molecule has 3 heterocycles. The molecule has 1 amide bonds. The molecule has 0 aliphatic carbocycles. The molecule has 1 aliphatic heterocycles. The number of fused-ring (bicyclic) bond motifs is 1. The van der Waals surface area contributed by atoms with Gasteiger partial charge in [-0.05, 0) is 81.9 Å². The number of hydrogen-bond donors (Lipinski definition) is 1. The van der Waals surface area contributed by atoms with Gasteiger partial charge in [0, 0.05) is 12.6 Å². The Morgan fingerprint density at radius 1 is 1.13 bits per heavy atom. The van der Waals surface area contributed by atoms with Crippen LogP contribution in [0.2, 0.25) is 0 Å². The van der Waals surface area contributed by atoms with Crippen LogP contribution in [0, 0.1) is 26.7 Å². The highest BCUT2D eigenvalue weighted by Gasteiger charge is 2.27. The molecule has 0 radical (unpaired) electrons. The van der Waals surface area contributed by atoms with Gasteiger partial charge in [-0.2, -0.15) is 0 Å². The Kier molecular flexibility index (Phi) is 6.01. The number of piperidine rings is 1. The van der Waals surface area contributed by atoms with Crippen molar-refractivity contribution in [1.29, 1.82) is 0 Å². The predicted octanol–water partition coefficient (Wildman–Crippen LogP) is 4.51. The van der Waals surface area contributed by atoms with E-state index in [-0.39, 0.29) is 17.2 Å². The number of likely N-dealkylation sites (tertiary alicyclic amines) is 1. The summed E-state index contributed by atoms with van der Waals surface area (Å²) >= 11 is 0. The molecule has 0 bridgehead atoms. The van der Waals surface area contributed by atoms with Gasteiger partial charge in [0.15, 0.2) is 11.2 Å². The van der Waals surface area contributed by atoms with Crippen LogP contribution in [-0.2, 0) is 0 Å². The zero-order valence-electron chi connectivity index (χ0n) is 18.7. The summed E-state index contributed by atoms with van der Waals surface area (Å²) in [5, 5.41) is 3.47. The molecule has 0 saturated carbocycles. The van der Waals surface area contributed by atoms with Crippen LogP contribution in [0.3, 0.4) is 0 Å². The summed E-state index contributed by atoms with van der Waals surface area (Å²) < 4.78 is 11.7. The zero-order chi connectivity index (χ0) is 22.1. The number of carbonyl (C=O) groups is 1. The summed E-state index contributed by atoms with van der Waals surface area (Å²) in [5.74, 6) is 2.05. The van der Waals surface area contributed by atoms with Crippen LogP contribution < -0.4 is 10.7 Å². The largest absolute Gasteiger partial charge is 0.465 e. The second-order valence-corrected chi connectivity index (χ2v) is 8.83. The minimum atomic E-state index is -0.391. The van der Waals surface area contributed by atoms with Gasteiger partial charge in [-0.3, -0.25) is 14.5 Å². The van der Waals surface area contributed by atoms with Crippen LogP contribution in [0.4, 0.5) is 0 Å². The first-order chi connectivity index (χ1) is 14.8. The number of furan rings is 1. The van der Waals surface area contributed by atoms with E-state index >= 15 is 0 Å². The van der Waals surface area contributed by atoms with Crippen molar-refractivity contribution in [2.75, 3.05) is 19.6 Å². The lowest BCUT2D eigenvalue weighted by Gasteiger charge is -2.35. The van der Waals surface area contributed by atoms with Gasteiger partial charge in [-0.25, -0.2) is 0 Å². The van der Waals surface area contributed by atoms with Gasteiger partial charge in [0.2, 0.25) is 0 Å². The number of benzene rings is 1. The van der Waals surface area contributed by atoms with E-state index < -0.39 is 5.91 Å². The van der Waals surface area contributed by atoms with Gasteiger partial charge in [-0.1, -0.05) is 13.0 Å². The maximum Gasteiger partial charge on any atom is 0.287 e. The number of aryl methyl sites for hydroxylation is 3. The third-order valence-corrected chi connectivity index (χ3v) is 6.19. The topological polar surface area (TPSA) is 75.7 Å². The molecule has 1 unspecified atom stereocenters. The first-order valence-corrected chi connectivity index (χ1v) is 11.0. The zero-order valence-corrected chi connectivity index (χ0v) is 18.7. The third-order valence-electron chi connectivity index (χ3n) is 6.19. The Balaban J connectivity index is 1.56. The Bertz CT molecular complexity index is 1150. The van der Waals surface area contributed by atoms with Gasteiger partial charge < -0.3 is 14.2 Å². The normalized spacial score (nSPS) is 16.5. The van der Waals surface area contributed by atoms with Crippen molar-refractivity contribution in [2.24, 2.45) is 5.92 Å². The van der Waals surface area contributed by atoms with Gasteiger partial charge in [0.05, 0.1) is 11.4 Å². The van der Waals surface area contributed by atoms with E-state index in [1.807, 2.05) is 39.0 Å². The van der Waals surface area contributed by atoms with Gasteiger partial charge >= 0.3 is 0 Å². The molecule has 6 heteroatoms. The summed E-state index contributed by atoms with van der Waals surface area (Å²) in [7, 11) is 0. The summed E-state index contributed by atoms with van der Waals surface area (Å²) in [5.41, 5.74) is 2.09. The average molecular weight is 423 g/mol. The Morgan fingerprint density at radius 2 is 1.87 bits per heavy atom. The van der Waals surface area contributed by atoms with Crippen LogP contribution in [0.15, 0.2) is 44.0 Å². The molecule has 1 aromatic carbocycles. The number of nitrogens with zero attached hydrogens (tertiary/aromatic N) is 1. The molecule has 1 saturated heterocycles. The summed E-state index contributed by atoms with van der Waals surface area (Å²) in [6.07, 6.45) is 2.25. The van der Waals surface area contributed by atoms with Crippen molar-refractivity contribution in [3.8, 4) is 0 Å². The maximum absolute atomic E-state index is 12.9. The summed E-state index contributed by atoms with van der Waals surface area (Å²) in [6, 6.07) is 8.89. The lowest BCUT2D eigenvalue weighted by Crippen LogP contribution is -2.41. The van der Waals surface area contributed by atoms with Crippen LogP contribution in [0.25, 0.3) is 11.0 Å². The molecule has 6 nitrogen and oxygen atoms in total. The lowest BCUT2D eigenvalue weighted by molar-refractivity contribution is 0.0870. The van der Waals surface area contributed by atoms with E-state index in [2.05, 4.69) is 17.1 Å². The second-order valence-electron chi connectivity index (χ2n) is 8.83. The molecule has 1 aliphatic rings. The minimum absolute atomic E-state index is 0.0334. The van der Waals surface area contributed by atoms with Crippen LogP contribution in [-0.4, -0.2) is 30.4 Å². The van der Waals surface area contributed by atoms with Crippen molar-refractivity contribution in [2.45, 2.75) is 46.6 Å². The Morgan fingerprint density at radius 3 is 2.55 bits per heavy atom. The van der Waals surface area contributed by atoms with E-state index in [1.165, 1.54) is 6.07 Å². The molecule has 1 N–H and O–H groups in total. The number of hydrogen-bond acceptors (Lipinski definition) is 5. The molecule has 4 rings (SSSR count). The highest BCUT2D eigenvalue weighted by atomic mass is 16.3. The number of nitrogens with one attached hydrogen (secondary N) is 1. The number of carbonyl (C=O) groups excluding carboxylic acids is 1. The fraction of sp³-hybridized carbons (Fsp3) is 0.440. The third kappa shape index (κ3) is 4.59. The molecule has 3 aromatic rings. The second kappa shape index (κ2) is 8.71. The van der Waals surface area contributed by atoms with Gasteiger partial charge in [0.25, 0.3) is 5.91 Å². The molecule has 1 atom stereocenters. The first-order valence-electron chi connectivity index (χ1n) is 11.0. The van der Waals surface area contributed by atoms with E-state index in [0.717, 1.165) is 48.6 Å². The van der Waals surface area contributed by atoms with Crippen LogP contribution in [0.1, 0.15) is 59.0 Å². The summed E-state index contributed by atoms with van der Waals surface area (Å²) in [6.45, 7) is 10.3. The molecule has 2 aromatic heterocycles. The highest BCUT2D eigenvalue weighted by molar-refractivity contribution is 5.93. The van der Waals surface area contributed by atoms with E-state index in [9.17, 15) is 9.59 Å². The van der Waals surface area contributed by atoms with Crippen molar-refractivity contribution in [3.63, 3.8) is 0 Å². The lowest BCUT2D eigenvalue weighted by atomic mass is 9.97. The van der Waals surface area contributed by atoms with Crippen LogP contribution >= 0.6 is 0 Å². The standard InChI is InChI=1S/C25H30N2O4/c1-15-7-9-27(10-8-15)20(22-6-5-18(4)30-22)14-26-25(29)23-13-21(28)19-12-16(2)11-17(3)24(19)31-23/h5-6,11-13,15,20H,7-10,14H2,1-4H3,(H,26,29). The smallest absolute Gasteiger partial charge is 0.287 e. The van der Waals surface area contributed by atoms with Crippen molar-refractivity contribution >= 4 is 16.9 Å². The fourth-order valence-electron chi connectivity index (χ4n) is 4.38. The van der Waals surface area contributed by atoms with Crippen molar-refractivity contribution in [1.82, 2.24) is 10.2 Å². The van der Waals surface area contributed by atoms with Gasteiger partial charge in [-0.15, -0.1) is 0 Å². The molecule has 164 valence electrons. The number of rotatable bonds is 5. The minimum Gasteiger partial charge on any atom is -0.465 e. The Labute approximate surface area is 182 Å². The first kappa shape index (κ1) is 21.4. The molecular formula is C25H30N2O4. The fourth-order valence-corrected chi connectivity index (χ4v) is 4.38. The molecule has 1 fully saturated rings. The van der Waals surface area contributed by atoms with E-state index in [0.29, 0.717) is 23.4 Å². The molecule has 0 spiro atoms. The monoisotopic (exact) mass is 422 g/mol. The van der Waals surface area contributed by atoms with Gasteiger partial charge in [0.1, 0.15) is 17.1 Å². The maximum atomic E-state index is 12.9. The highest BCUT2D eigenvalue weighted by Crippen LogP contribution is 2.28. The number of amides is 1. The van der Waals surface area contributed by atoms with Crippen LogP contribution in [0.5, 0.6) is 0 Å². The molecule has 31 heavy (non-hydrogen) atoms.